The Bertz CT molecular complexity index is 1010. The number of carbonyl (C=O) groups excluding carboxylic acids is 2. The molecule has 5 heteroatoms. The SMILES string of the molecule is O=C(NCCN1CCCC1)c1ccc(NC(=O)c2ccc(-c3ccccc3)cc2)cc1. The predicted molar refractivity (Wildman–Crippen MR) is 124 cm³/mol. The van der Waals surface area contributed by atoms with Crippen LogP contribution >= 0.6 is 0 Å². The summed E-state index contributed by atoms with van der Waals surface area (Å²) in [5, 5.41) is 5.85. The number of anilines is 1. The van der Waals surface area contributed by atoms with Crippen molar-refractivity contribution in [3.8, 4) is 11.1 Å². The van der Waals surface area contributed by atoms with Crippen LogP contribution in [0.2, 0.25) is 0 Å². The zero-order chi connectivity index (χ0) is 21.5. The molecule has 0 aromatic heterocycles. The molecule has 4 rings (SSSR count). The van der Waals surface area contributed by atoms with E-state index < -0.39 is 0 Å². The summed E-state index contributed by atoms with van der Waals surface area (Å²) < 4.78 is 0. The first-order valence-electron chi connectivity index (χ1n) is 10.8. The van der Waals surface area contributed by atoms with Crippen LogP contribution in [0.5, 0.6) is 0 Å². The Morgan fingerprint density at radius 2 is 1.29 bits per heavy atom. The fraction of sp³-hybridized carbons (Fsp3) is 0.231. The molecule has 1 aliphatic heterocycles. The monoisotopic (exact) mass is 413 g/mol. The molecular weight excluding hydrogens is 386 g/mol. The molecular formula is C26H27N3O2. The van der Waals surface area contributed by atoms with Crippen LogP contribution in [0.1, 0.15) is 33.6 Å². The van der Waals surface area contributed by atoms with Gasteiger partial charge in [-0.05, 0) is 73.5 Å². The van der Waals surface area contributed by atoms with E-state index in [9.17, 15) is 9.59 Å². The van der Waals surface area contributed by atoms with Crippen molar-refractivity contribution in [2.75, 3.05) is 31.5 Å². The highest BCUT2D eigenvalue weighted by molar-refractivity contribution is 6.04. The van der Waals surface area contributed by atoms with E-state index in [0.717, 1.165) is 30.8 Å². The van der Waals surface area contributed by atoms with Crippen LogP contribution in [0.4, 0.5) is 5.69 Å². The smallest absolute Gasteiger partial charge is 0.255 e. The van der Waals surface area contributed by atoms with Crippen molar-refractivity contribution in [2.45, 2.75) is 12.8 Å². The highest BCUT2D eigenvalue weighted by Crippen LogP contribution is 2.20. The Hall–Kier alpha value is -3.44. The van der Waals surface area contributed by atoms with Gasteiger partial charge in [0, 0.05) is 29.9 Å². The highest BCUT2D eigenvalue weighted by Gasteiger charge is 2.12. The molecule has 1 heterocycles. The van der Waals surface area contributed by atoms with Crippen LogP contribution < -0.4 is 10.6 Å². The van der Waals surface area contributed by atoms with Gasteiger partial charge in [-0.25, -0.2) is 0 Å². The van der Waals surface area contributed by atoms with Gasteiger partial charge in [0.25, 0.3) is 11.8 Å². The van der Waals surface area contributed by atoms with Gasteiger partial charge in [-0.1, -0.05) is 42.5 Å². The fourth-order valence-corrected chi connectivity index (χ4v) is 3.79. The fourth-order valence-electron chi connectivity index (χ4n) is 3.79. The molecule has 2 N–H and O–H groups in total. The van der Waals surface area contributed by atoms with E-state index in [1.165, 1.54) is 12.8 Å². The number of hydrogen-bond acceptors (Lipinski definition) is 3. The van der Waals surface area contributed by atoms with Crippen LogP contribution in [0, 0.1) is 0 Å². The highest BCUT2D eigenvalue weighted by atomic mass is 16.2. The van der Waals surface area contributed by atoms with Crippen LogP contribution in [0.25, 0.3) is 11.1 Å². The van der Waals surface area contributed by atoms with E-state index in [0.29, 0.717) is 23.4 Å². The Morgan fingerprint density at radius 1 is 0.710 bits per heavy atom. The van der Waals surface area contributed by atoms with Crippen LogP contribution in [-0.4, -0.2) is 42.9 Å². The van der Waals surface area contributed by atoms with E-state index in [2.05, 4.69) is 15.5 Å². The second-order valence-electron chi connectivity index (χ2n) is 7.78. The summed E-state index contributed by atoms with van der Waals surface area (Å²) in [6, 6.07) is 24.6. The minimum absolute atomic E-state index is 0.0893. The zero-order valence-corrected chi connectivity index (χ0v) is 17.5. The van der Waals surface area contributed by atoms with E-state index in [-0.39, 0.29) is 11.8 Å². The number of rotatable bonds is 7. The minimum Gasteiger partial charge on any atom is -0.351 e. The second kappa shape index (κ2) is 10.0. The first-order valence-corrected chi connectivity index (χ1v) is 10.8. The number of amides is 2. The molecule has 0 bridgehead atoms. The lowest BCUT2D eigenvalue weighted by Gasteiger charge is -2.14. The Morgan fingerprint density at radius 3 is 1.97 bits per heavy atom. The summed E-state index contributed by atoms with van der Waals surface area (Å²) in [5.41, 5.74) is 4.02. The van der Waals surface area contributed by atoms with Crippen LogP contribution in [0.3, 0.4) is 0 Å². The van der Waals surface area contributed by atoms with Crippen molar-refractivity contribution < 1.29 is 9.59 Å². The lowest BCUT2D eigenvalue weighted by molar-refractivity contribution is 0.0949. The molecule has 0 aliphatic carbocycles. The molecule has 0 atom stereocenters. The van der Waals surface area contributed by atoms with Crippen molar-refractivity contribution in [1.82, 2.24) is 10.2 Å². The molecule has 3 aromatic rings. The summed E-state index contributed by atoms with van der Waals surface area (Å²) in [6.45, 7) is 3.79. The lowest BCUT2D eigenvalue weighted by Crippen LogP contribution is -2.33. The number of likely N-dealkylation sites (tertiary alicyclic amines) is 1. The molecule has 2 amide bonds. The number of carbonyl (C=O) groups is 2. The molecule has 158 valence electrons. The normalized spacial score (nSPS) is 13.7. The van der Waals surface area contributed by atoms with Gasteiger partial charge < -0.3 is 15.5 Å². The van der Waals surface area contributed by atoms with Crippen molar-refractivity contribution in [3.05, 3.63) is 90.0 Å². The van der Waals surface area contributed by atoms with Crippen molar-refractivity contribution >= 4 is 17.5 Å². The third-order valence-electron chi connectivity index (χ3n) is 5.57. The third kappa shape index (κ3) is 5.58. The second-order valence-corrected chi connectivity index (χ2v) is 7.78. The lowest BCUT2D eigenvalue weighted by atomic mass is 10.0. The largest absolute Gasteiger partial charge is 0.351 e. The van der Waals surface area contributed by atoms with Gasteiger partial charge in [0.2, 0.25) is 0 Å². The van der Waals surface area contributed by atoms with E-state index in [4.69, 9.17) is 0 Å². The van der Waals surface area contributed by atoms with Gasteiger partial charge in [0.15, 0.2) is 0 Å². The molecule has 31 heavy (non-hydrogen) atoms. The van der Waals surface area contributed by atoms with E-state index in [1.54, 1.807) is 24.3 Å². The van der Waals surface area contributed by atoms with Gasteiger partial charge in [-0.15, -0.1) is 0 Å². The predicted octanol–water partition coefficient (Wildman–Crippen LogP) is 4.43. The minimum atomic E-state index is -0.178. The molecule has 3 aromatic carbocycles. The molecule has 0 saturated carbocycles. The van der Waals surface area contributed by atoms with Crippen molar-refractivity contribution in [3.63, 3.8) is 0 Å². The van der Waals surface area contributed by atoms with Crippen LogP contribution in [0.15, 0.2) is 78.9 Å². The Balaban J connectivity index is 1.30. The maximum absolute atomic E-state index is 12.6. The summed E-state index contributed by atoms with van der Waals surface area (Å²) >= 11 is 0. The maximum Gasteiger partial charge on any atom is 0.255 e. The molecule has 1 saturated heterocycles. The first kappa shape index (κ1) is 20.8. The van der Waals surface area contributed by atoms with Crippen molar-refractivity contribution in [2.24, 2.45) is 0 Å². The quantitative estimate of drug-likeness (QED) is 0.602. The molecule has 5 nitrogen and oxygen atoms in total. The summed E-state index contributed by atoms with van der Waals surface area (Å²) in [6.07, 6.45) is 2.50. The molecule has 1 fully saturated rings. The summed E-state index contributed by atoms with van der Waals surface area (Å²) in [5.74, 6) is -0.268. The van der Waals surface area contributed by atoms with Crippen LogP contribution in [-0.2, 0) is 0 Å². The zero-order valence-electron chi connectivity index (χ0n) is 17.5. The third-order valence-corrected chi connectivity index (χ3v) is 5.57. The van der Waals surface area contributed by atoms with Gasteiger partial charge >= 0.3 is 0 Å². The molecule has 1 aliphatic rings. The van der Waals surface area contributed by atoms with Gasteiger partial charge in [-0.2, -0.15) is 0 Å². The number of nitrogens with one attached hydrogen (secondary N) is 2. The maximum atomic E-state index is 12.6. The molecule has 0 unspecified atom stereocenters. The number of nitrogens with zero attached hydrogens (tertiary/aromatic N) is 1. The average Bonchev–Trinajstić information content (AvgIpc) is 3.34. The van der Waals surface area contributed by atoms with E-state index >= 15 is 0 Å². The number of benzene rings is 3. The van der Waals surface area contributed by atoms with Crippen molar-refractivity contribution in [1.29, 1.82) is 0 Å². The average molecular weight is 414 g/mol. The molecule has 0 spiro atoms. The molecule has 0 radical (unpaired) electrons. The number of hydrogen-bond donors (Lipinski definition) is 2. The van der Waals surface area contributed by atoms with Gasteiger partial charge in [0.1, 0.15) is 0 Å². The summed E-state index contributed by atoms with van der Waals surface area (Å²) in [7, 11) is 0. The Kier molecular flexibility index (Phi) is 6.75. The first-order chi connectivity index (χ1) is 15.2. The topological polar surface area (TPSA) is 61.4 Å². The standard InChI is InChI=1S/C26H27N3O2/c30-25(27-16-19-29-17-4-5-18-29)22-12-14-24(15-13-22)28-26(31)23-10-8-21(9-11-23)20-6-2-1-3-7-20/h1-3,6-15H,4-5,16-19H2,(H,27,30)(H,28,31). The van der Waals surface area contributed by atoms with E-state index in [1.807, 2.05) is 54.6 Å². The van der Waals surface area contributed by atoms with Gasteiger partial charge in [-0.3, -0.25) is 9.59 Å². The summed E-state index contributed by atoms with van der Waals surface area (Å²) in [4.78, 5) is 27.2. The Labute approximate surface area is 183 Å². The van der Waals surface area contributed by atoms with Gasteiger partial charge in [0.05, 0.1) is 0 Å².